The summed E-state index contributed by atoms with van der Waals surface area (Å²) in [6, 6.07) is 0. The first-order valence-corrected chi connectivity index (χ1v) is 21.2. The van der Waals surface area contributed by atoms with Crippen LogP contribution >= 0.6 is 28.1 Å². The van der Waals surface area contributed by atoms with E-state index in [1.165, 1.54) is 0 Å². The van der Waals surface area contributed by atoms with Crippen molar-refractivity contribution in [1.82, 2.24) is 0 Å². The Labute approximate surface area is 98.2 Å². The van der Waals surface area contributed by atoms with Crippen LogP contribution in [0.15, 0.2) is 0 Å². The molecule has 0 nitrogen and oxygen atoms in total. The Hall–Kier alpha value is 2.09. The van der Waals surface area contributed by atoms with E-state index in [4.69, 9.17) is 10.1 Å². The third-order valence-electron chi connectivity index (χ3n) is 2.07. The van der Waals surface area contributed by atoms with E-state index in [0.717, 1.165) is 0 Å². The molecule has 0 fully saturated rings. The van der Waals surface area contributed by atoms with E-state index >= 15 is 0 Å². The van der Waals surface area contributed by atoms with Gasteiger partial charge >= 0.3 is 98.5 Å². The van der Waals surface area contributed by atoms with Crippen LogP contribution in [0, 0.1) is 0 Å². The van der Waals surface area contributed by atoms with Gasteiger partial charge in [0, 0.05) is 0 Å². The van der Waals surface area contributed by atoms with Gasteiger partial charge in [0.2, 0.25) is 0 Å². The van der Waals surface area contributed by atoms with Crippen LogP contribution in [-0.4, -0.2) is 60.0 Å². The van der Waals surface area contributed by atoms with Crippen LogP contribution in [0.1, 0.15) is 0 Å². The molecule has 0 amide bonds. The Balaban J connectivity index is 5.54. The van der Waals surface area contributed by atoms with Crippen LogP contribution in [0.25, 0.3) is 0 Å². The Morgan fingerprint density at radius 3 is 0.714 bits per heavy atom. The third kappa shape index (κ3) is 2.85. The Bertz CT molecular complexity index is 174. The Morgan fingerprint density at radius 1 is 0.571 bits per heavy atom. The van der Waals surface area contributed by atoms with Gasteiger partial charge in [-0.25, -0.2) is 0 Å². The van der Waals surface area contributed by atoms with Gasteiger partial charge in [-0.15, -0.1) is 0 Å². The van der Waals surface area contributed by atoms with E-state index < -0.39 is 28.4 Å². The van der Waals surface area contributed by atoms with Crippen molar-refractivity contribution in [3.05, 3.63) is 0 Å². The SMILES string of the molecule is C[PH](C)(C)[Co]([Cl])([PH](C)(C)C)[PH](C)(C)C. The molecule has 0 rings (SSSR count). The van der Waals surface area contributed by atoms with Crippen molar-refractivity contribution in [3.8, 4) is 0 Å². The van der Waals surface area contributed by atoms with Gasteiger partial charge in [0.1, 0.15) is 0 Å². The van der Waals surface area contributed by atoms with Crippen molar-refractivity contribution in [2.75, 3.05) is 60.0 Å². The fourth-order valence-corrected chi connectivity index (χ4v) is 83.5. The van der Waals surface area contributed by atoms with Crippen molar-refractivity contribution in [2.24, 2.45) is 0 Å². The summed E-state index contributed by atoms with van der Waals surface area (Å²) < 4.78 is 0. The monoisotopic (exact) mass is 325 g/mol. The molecule has 0 aliphatic rings. The number of rotatable bonds is 3. The van der Waals surface area contributed by atoms with Crippen LogP contribution in [0.4, 0.5) is 0 Å². The molecule has 0 N–H and O–H groups in total. The quantitative estimate of drug-likeness (QED) is 0.689. The molecule has 0 aromatic heterocycles. The number of halogens is 1. The van der Waals surface area contributed by atoms with E-state index in [1.807, 2.05) is 0 Å². The van der Waals surface area contributed by atoms with Gasteiger partial charge in [-0.1, -0.05) is 0 Å². The minimum atomic E-state index is -1.18. The average molecular weight is 326 g/mol. The molecular weight excluding hydrogens is 295 g/mol. The molecule has 0 saturated heterocycles. The third-order valence-corrected chi connectivity index (χ3v) is 76.7. The van der Waals surface area contributed by atoms with Crippen LogP contribution in [0.5, 0.6) is 0 Å². The van der Waals surface area contributed by atoms with Gasteiger partial charge in [0.05, 0.1) is 0 Å². The molecule has 0 atom stereocenters. The van der Waals surface area contributed by atoms with Crippen molar-refractivity contribution in [3.63, 3.8) is 0 Å². The molecule has 0 aromatic carbocycles. The molecule has 0 aromatic rings. The summed E-state index contributed by atoms with van der Waals surface area (Å²) in [4.78, 5) is 0. The molecule has 0 unspecified atom stereocenters. The van der Waals surface area contributed by atoms with Gasteiger partial charge < -0.3 is 0 Å². The summed E-state index contributed by atoms with van der Waals surface area (Å²) >= 11 is 0. The zero-order valence-electron chi connectivity index (χ0n) is 11.2. The predicted octanol–water partition coefficient (Wildman–Crippen LogP) is 3.96. The first kappa shape index (κ1) is 16.1. The molecule has 0 saturated carbocycles. The van der Waals surface area contributed by atoms with Crippen molar-refractivity contribution in [2.45, 2.75) is 0 Å². The summed E-state index contributed by atoms with van der Waals surface area (Å²) in [6.45, 7) is 22.4. The summed E-state index contributed by atoms with van der Waals surface area (Å²) in [6.07, 6.45) is 0. The molecule has 0 bridgehead atoms. The van der Waals surface area contributed by atoms with Gasteiger partial charge in [0.15, 0.2) is 0 Å². The van der Waals surface area contributed by atoms with Crippen LogP contribution in [0.3, 0.4) is 0 Å². The maximum atomic E-state index is 7.26. The first-order chi connectivity index (χ1) is 5.75. The molecule has 97 valence electrons. The second-order valence-electron chi connectivity index (χ2n) is 6.44. The van der Waals surface area contributed by atoms with E-state index in [2.05, 4.69) is 60.0 Å². The maximum absolute atomic E-state index is 7.26. The standard InChI is InChI=1S/3C3H9P.ClH.Co/c3*1-4(2)3;;/h3*1-3H3;1H;/q;;;;-2/p+2. The fraction of sp³-hybridized carbons (Fsp3) is 1.00. The molecule has 5 heteroatoms. The number of hydrogen-bond donors (Lipinski definition) is 0. The number of hydrogen-bond acceptors (Lipinski definition) is 0. The molecular formula is C9H30ClCoP3. The van der Waals surface area contributed by atoms with Crippen LogP contribution in [-0.2, 0) is 10.4 Å². The average Bonchev–Trinajstić information content (AvgIpc) is 1.77. The fourth-order valence-electron chi connectivity index (χ4n) is 2.25. The van der Waals surface area contributed by atoms with E-state index in [9.17, 15) is 0 Å². The molecule has 14 heavy (non-hydrogen) atoms. The normalized spacial score (nSPS) is 25.0. The molecule has 0 radical (unpaired) electrons. The Kier molecular flexibility index (Phi) is 5.05. The summed E-state index contributed by atoms with van der Waals surface area (Å²) in [5.41, 5.74) is 0. The minimum absolute atomic E-state index is 1.11. The summed E-state index contributed by atoms with van der Waals surface area (Å²) in [5, 5.41) is 0. The van der Waals surface area contributed by atoms with E-state index in [0.29, 0.717) is 0 Å². The van der Waals surface area contributed by atoms with Gasteiger partial charge in [0.25, 0.3) is 0 Å². The predicted molar refractivity (Wildman–Crippen MR) is 84.1 cm³/mol. The zero-order chi connectivity index (χ0) is 12.0. The van der Waals surface area contributed by atoms with E-state index in [-0.39, 0.29) is 0 Å². The van der Waals surface area contributed by atoms with Gasteiger partial charge in [-0.05, 0) is 0 Å². The topological polar surface area (TPSA) is 0 Å². The van der Waals surface area contributed by atoms with Crippen LogP contribution in [0.2, 0.25) is 0 Å². The second kappa shape index (κ2) is 4.40. The van der Waals surface area contributed by atoms with Crippen molar-refractivity contribution in [1.29, 1.82) is 0 Å². The first-order valence-electron chi connectivity index (χ1n) is 5.13. The van der Waals surface area contributed by atoms with Crippen LogP contribution < -0.4 is 0 Å². The van der Waals surface area contributed by atoms with Crippen molar-refractivity contribution >= 4 is 28.1 Å². The van der Waals surface area contributed by atoms with Gasteiger partial charge in [-0.2, -0.15) is 0 Å². The molecule has 0 aliphatic carbocycles. The zero-order valence-corrected chi connectivity index (χ0v) is 16.0. The van der Waals surface area contributed by atoms with Gasteiger partial charge in [-0.3, -0.25) is 0 Å². The van der Waals surface area contributed by atoms with Crippen molar-refractivity contribution < 1.29 is 10.4 Å². The molecule has 0 spiro atoms. The molecule has 0 aliphatic heterocycles. The summed E-state index contributed by atoms with van der Waals surface area (Å²) in [7, 11) is 6.15. The van der Waals surface area contributed by atoms with E-state index in [1.54, 1.807) is 0 Å². The summed E-state index contributed by atoms with van der Waals surface area (Å²) in [5.74, 6) is -3.55. The molecule has 0 heterocycles. The Morgan fingerprint density at radius 2 is 0.714 bits per heavy atom. The second-order valence-corrected chi connectivity index (χ2v) is 48.3.